The molecular formula is C13H14N2. The predicted molar refractivity (Wildman–Crippen MR) is 64.9 cm³/mol. The lowest BCUT2D eigenvalue weighted by atomic mass is 9.91. The summed E-state index contributed by atoms with van der Waals surface area (Å²) in [5, 5.41) is 2.59. The van der Waals surface area contributed by atoms with Crippen molar-refractivity contribution in [2.45, 2.75) is 6.04 Å². The maximum Gasteiger partial charge on any atom is 0.0490 e. The Kier molecular flexibility index (Phi) is 2.31. The van der Waals surface area contributed by atoms with Gasteiger partial charge in [0, 0.05) is 6.04 Å². The summed E-state index contributed by atoms with van der Waals surface area (Å²) in [7, 11) is 0. The molecule has 2 heteroatoms. The van der Waals surface area contributed by atoms with Gasteiger partial charge in [-0.05, 0) is 21.9 Å². The first kappa shape index (κ1) is 9.90. The molecule has 0 heterocycles. The summed E-state index contributed by atoms with van der Waals surface area (Å²) < 4.78 is 0. The molecule has 3 rings (SSSR count). The van der Waals surface area contributed by atoms with Gasteiger partial charge in [-0.25, -0.2) is 0 Å². The van der Waals surface area contributed by atoms with Gasteiger partial charge in [-0.1, -0.05) is 48.6 Å². The maximum absolute atomic E-state index is 6.02. The van der Waals surface area contributed by atoms with Crippen LogP contribution in [0, 0.1) is 0 Å². The highest BCUT2D eigenvalue weighted by atomic mass is 14.6. The summed E-state index contributed by atoms with van der Waals surface area (Å²) in [6.07, 6.45) is 4.16. The van der Waals surface area contributed by atoms with Crippen molar-refractivity contribution in [1.82, 2.24) is 6.15 Å². The van der Waals surface area contributed by atoms with Crippen LogP contribution in [0.5, 0.6) is 0 Å². The van der Waals surface area contributed by atoms with Gasteiger partial charge in [0.15, 0.2) is 0 Å². The average molecular weight is 198 g/mol. The van der Waals surface area contributed by atoms with E-state index in [1.807, 2.05) is 0 Å². The van der Waals surface area contributed by atoms with Crippen LogP contribution in [0.2, 0.25) is 0 Å². The molecular weight excluding hydrogens is 184 g/mol. The predicted octanol–water partition coefficient (Wildman–Crippen LogP) is 3.03. The molecule has 15 heavy (non-hydrogen) atoms. The molecule has 5 N–H and O–H groups in total. The van der Waals surface area contributed by atoms with Gasteiger partial charge in [-0.2, -0.15) is 0 Å². The zero-order chi connectivity index (χ0) is 9.54. The van der Waals surface area contributed by atoms with Crippen molar-refractivity contribution in [1.29, 1.82) is 0 Å². The van der Waals surface area contributed by atoms with Gasteiger partial charge in [0.2, 0.25) is 0 Å². The molecule has 1 unspecified atom stereocenters. The van der Waals surface area contributed by atoms with Crippen molar-refractivity contribution in [3.05, 3.63) is 53.6 Å². The third-order valence-corrected chi connectivity index (χ3v) is 2.81. The second-order valence-electron chi connectivity index (χ2n) is 3.68. The minimum Gasteiger partial charge on any atom is -0.344 e. The number of rotatable bonds is 0. The molecule has 0 radical (unpaired) electrons. The van der Waals surface area contributed by atoms with Crippen LogP contribution in [0.15, 0.2) is 42.5 Å². The van der Waals surface area contributed by atoms with Crippen molar-refractivity contribution in [3.63, 3.8) is 0 Å². The zero-order valence-corrected chi connectivity index (χ0v) is 8.48. The summed E-state index contributed by atoms with van der Waals surface area (Å²) in [6.45, 7) is 0. The van der Waals surface area contributed by atoms with E-state index in [1.54, 1.807) is 0 Å². The second-order valence-corrected chi connectivity index (χ2v) is 3.68. The van der Waals surface area contributed by atoms with Gasteiger partial charge in [0.05, 0.1) is 0 Å². The molecule has 0 aromatic heterocycles. The highest BCUT2D eigenvalue weighted by Crippen LogP contribution is 2.31. The number of hydrogen-bond donors (Lipinski definition) is 2. The minimum atomic E-state index is 0. The topological polar surface area (TPSA) is 61.0 Å². The molecule has 76 valence electrons. The first-order valence-electron chi connectivity index (χ1n) is 4.82. The zero-order valence-electron chi connectivity index (χ0n) is 8.48. The van der Waals surface area contributed by atoms with Crippen LogP contribution in [0.1, 0.15) is 17.2 Å². The van der Waals surface area contributed by atoms with E-state index in [9.17, 15) is 0 Å². The molecule has 1 aliphatic carbocycles. The van der Waals surface area contributed by atoms with E-state index < -0.39 is 0 Å². The summed E-state index contributed by atoms with van der Waals surface area (Å²) in [6, 6.07) is 12.7. The molecule has 0 amide bonds. The second kappa shape index (κ2) is 3.50. The Morgan fingerprint density at radius 3 is 2.53 bits per heavy atom. The van der Waals surface area contributed by atoms with E-state index in [0.717, 1.165) is 0 Å². The Morgan fingerprint density at radius 1 is 1.00 bits per heavy atom. The van der Waals surface area contributed by atoms with Crippen LogP contribution in [-0.2, 0) is 0 Å². The number of nitrogens with two attached hydrogens (primary N) is 1. The normalized spacial score (nSPS) is 17.5. The van der Waals surface area contributed by atoms with Crippen molar-refractivity contribution in [2.24, 2.45) is 5.73 Å². The third kappa shape index (κ3) is 1.35. The van der Waals surface area contributed by atoms with Crippen molar-refractivity contribution in [3.8, 4) is 0 Å². The summed E-state index contributed by atoms with van der Waals surface area (Å²) in [5.74, 6) is 0. The smallest absolute Gasteiger partial charge is 0.0490 e. The van der Waals surface area contributed by atoms with E-state index in [2.05, 4.69) is 48.6 Å². The number of hydrogen-bond acceptors (Lipinski definition) is 2. The first-order valence-corrected chi connectivity index (χ1v) is 4.82. The van der Waals surface area contributed by atoms with Gasteiger partial charge < -0.3 is 11.9 Å². The molecule has 0 bridgehead atoms. The number of benzene rings is 2. The lowest BCUT2D eigenvalue weighted by Crippen LogP contribution is -2.10. The molecule has 0 saturated carbocycles. The van der Waals surface area contributed by atoms with Crippen LogP contribution < -0.4 is 11.9 Å². The molecule has 0 fully saturated rings. The molecule has 2 aromatic rings. The highest BCUT2D eigenvalue weighted by molar-refractivity contribution is 5.95. The first-order chi connectivity index (χ1) is 6.86. The molecule has 0 saturated heterocycles. The molecule has 2 aromatic carbocycles. The molecule has 2 nitrogen and oxygen atoms in total. The van der Waals surface area contributed by atoms with E-state index in [0.29, 0.717) is 0 Å². The molecule has 1 aliphatic rings. The van der Waals surface area contributed by atoms with Crippen LogP contribution in [0.25, 0.3) is 16.8 Å². The van der Waals surface area contributed by atoms with Gasteiger partial charge >= 0.3 is 0 Å². The Bertz CT molecular complexity index is 524. The summed E-state index contributed by atoms with van der Waals surface area (Å²) in [4.78, 5) is 0. The van der Waals surface area contributed by atoms with Crippen molar-refractivity contribution < 1.29 is 0 Å². The fourth-order valence-corrected chi connectivity index (χ4v) is 2.13. The van der Waals surface area contributed by atoms with E-state index in [-0.39, 0.29) is 12.2 Å². The van der Waals surface area contributed by atoms with Crippen LogP contribution in [-0.4, -0.2) is 0 Å². The standard InChI is InChI=1S/C13H11N.H3N/c14-12-8-7-10-4-1-3-9-5-2-6-11(12)13(9)10;/h1-8,12H,14H2;1H3. The van der Waals surface area contributed by atoms with Crippen molar-refractivity contribution in [2.75, 3.05) is 0 Å². The Labute approximate surface area is 89.0 Å². The summed E-state index contributed by atoms with van der Waals surface area (Å²) >= 11 is 0. The molecule has 1 atom stereocenters. The van der Waals surface area contributed by atoms with E-state index >= 15 is 0 Å². The van der Waals surface area contributed by atoms with Crippen LogP contribution in [0.4, 0.5) is 0 Å². The Morgan fingerprint density at radius 2 is 1.73 bits per heavy atom. The lowest BCUT2D eigenvalue weighted by Gasteiger charge is -2.17. The van der Waals surface area contributed by atoms with Gasteiger partial charge in [0.1, 0.15) is 0 Å². The van der Waals surface area contributed by atoms with Crippen LogP contribution in [0.3, 0.4) is 0 Å². The fourth-order valence-electron chi connectivity index (χ4n) is 2.13. The SMILES string of the molecule is N.NC1C=Cc2cccc3cccc1c23. The van der Waals surface area contributed by atoms with E-state index in [1.165, 1.54) is 21.9 Å². The molecule has 0 aliphatic heterocycles. The quantitative estimate of drug-likeness (QED) is 0.683. The lowest BCUT2D eigenvalue weighted by molar-refractivity contribution is 0.922. The third-order valence-electron chi connectivity index (χ3n) is 2.81. The van der Waals surface area contributed by atoms with Crippen molar-refractivity contribution >= 4 is 16.8 Å². The molecule has 0 spiro atoms. The van der Waals surface area contributed by atoms with Gasteiger partial charge in [-0.15, -0.1) is 0 Å². The van der Waals surface area contributed by atoms with Crippen LogP contribution >= 0.6 is 0 Å². The highest BCUT2D eigenvalue weighted by Gasteiger charge is 2.12. The summed E-state index contributed by atoms with van der Waals surface area (Å²) in [5.41, 5.74) is 8.53. The monoisotopic (exact) mass is 198 g/mol. The Hall–Kier alpha value is -1.64. The maximum atomic E-state index is 6.02. The van der Waals surface area contributed by atoms with Gasteiger partial charge in [0.25, 0.3) is 0 Å². The average Bonchev–Trinajstić information content (AvgIpc) is 2.24. The minimum absolute atomic E-state index is 0. The van der Waals surface area contributed by atoms with Gasteiger partial charge in [-0.3, -0.25) is 0 Å². The largest absolute Gasteiger partial charge is 0.344 e. The fraction of sp³-hybridized carbons (Fsp3) is 0.0769. The van der Waals surface area contributed by atoms with E-state index in [4.69, 9.17) is 5.73 Å². The Balaban J connectivity index is 0.000000853.